The largest absolute Gasteiger partial charge is 0.443 e. The number of nitrogens with zero attached hydrogens (tertiary/aromatic N) is 2. The van der Waals surface area contributed by atoms with Crippen LogP contribution in [0, 0.1) is 35.5 Å². The minimum Gasteiger partial charge on any atom is -0.443 e. The summed E-state index contributed by atoms with van der Waals surface area (Å²) >= 11 is 0. The number of amides is 2. The first-order chi connectivity index (χ1) is 15.4. The SMILES string of the molecule is O=C(OC12CC3CC(CC(C3)C1)C2)N1CCN(C(=O)OC23CC4CC(CC(C4)C2)C3)CC1. The van der Waals surface area contributed by atoms with Crippen LogP contribution >= 0.6 is 0 Å². The Morgan fingerprint density at radius 3 is 1.00 bits per heavy atom. The van der Waals surface area contributed by atoms with Gasteiger partial charge in [0.05, 0.1) is 0 Å². The van der Waals surface area contributed by atoms with Crippen molar-refractivity contribution in [3.05, 3.63) is 0 Å². The van der Waals surface area contributed by atoms with Crippen LogP contribution in [-0.4, -0.2) is 59.4 Å². The van der Waals surface area contributed by atoms with Gasteiger partial charge in [-0.05, 0) is 113 Å². The van der Waals surface area contributed by atoms with Gasteiger partial charge in [-0.3, -0.25) is 0 Å². The van der Waals surface area contributed by atoms with E-state index in [0.717, 1.165) is 74.0 Å². The van der Waals surface area contributed by atoms with Crippen molar-refractivity contribution in [3.63, 3.8) is 0 Å². The zero-order chi connectivity index (χ0) is 21.5. The Bertz CT molecular complexity index is 665. The number of carbonyl (C=O) groups is 2. The summed E-state index contributed by atoms with van der Waals surface area (Å²) < 4.78 is 12.5. The lowest BCUT2D eigenvalue weighted by Crippen LogP contribution is -2.58. The molecule has 6 nitrogen and oxygen atoms in total. The maximum Gasteiger partial charge on any atom is 0.410 e. The van der Waals surface area contributed by atoms with Gasteiger partial charge < -0.3 is 19.3 Å². The van der Waals surface area contributed by atoms with Gasteiger partial charge in [0, 0.05) is 26.2 Å². The molecule has 32 heavy (non-hydrogen) atoms. The van der Waals surface area contributed by atoms with Gasteiger partial charge in [0.1, 0.15) is 11.2 Å². The van der Waals surface area contributed by atoms with E-state index < -0.39 is 0 Å². The lowest BCUT2D eigenvalue weighted by atomic mass is 9.54. The van der Waals surface area contributed by atoms with Crippen molar-refractivity contribution < 1.29 is 19.1 Å². The summed E-state index contributed by atoms with van der Waals surface area (Å²) in [6, 6.07) is 0. The van der Waals surface area contributed by atoms with Gasteiger partial charge in [-0.1, -0.05) is 0 Å². The molecule has 0 N–H and O–H groups in total. The molecule has 176 valence electrons. The van der Waals surface area contributed by atoms with Crippen LogP contribution < -0.4 is 0 Å². The molecule has 9 fully saturated rings. The second-order valence-corrected chi connectivity index (χ2v) is 12.9. The third kappa shape index (κ3) is 3.34. The highest BCUT2D eigenvalue weighted by Crippen LogP contribution is 2.58. The van der Waals surface area contributed by atoms with Crippen molar-refractivity contribution in [2.24, 2.45) is 35.5 Å². The van der Waals surface area contributed by atoms with Crippen LogP contribution in [0.25, 0.3) is 0 Å². The van der Waals surface area contributed by atoms with E-state index in [4.69, 9.17) is 9.47 Å². The summed E-state index contributed by atoms with van der Waals surface area (Å²) in [5, 5.41) is 0. The smallest absolute Gasteiger partial charge is 0.410 e. The molecule has 2 amide bonds. The average molecular weight is 443 g/mol. The number of rotatable bonds is 2. The van der Waals surface area contributed by atoms with Crippen molar-refractivity contribution in [1.82, 2.24) is 9.80 Å². The molecule has 8 saturated carbocycles. The molecule has 1 heterocycles. The van der Waals surface area contributed by atoms with Crippen molar-refractivity contribution >= 4 is 12.2 Å². The van der Waals surface area contributed by atoms with E-state index >= 15 is 0 Å². The number of hydrogen-bond donors (Lipinski definition) is 0. The Labute approximate surface area is 191 Å². The number of carbonyl (C=O) groups excluding carboxylic acids is 2. The second kappa shape index (κ2) is 7.02. The van der Waals surface area contributed by atoms with E-state index in [1.54, 1.807) is 0 Å². The van der Waals surface area contributed by atoms with Crippen LogP contribution in [0.3, 0.4) is 0 Å². The molecule has 1 saturated heterocycles. The molecular formula is C26H38N2O4. The second-order valence-electron chi connectivity index (χ2n) is 12.9. The summed E-state index contributed by atoms with van der Waals surface area (Å²) in [6.07, 6.45) is 14.2. The summed E-state index contributed by atoms with van der Waals surface area (Å²) in [6.45, 7) is 2.23. The molecule has 1 aliphatic heterocycles. The van der Waals surface area contributed by atoms with Gasteiger partial charge in [-0.2, -0.15) is 0 Å². The third-order valence-corrected chi connectivity index (χ3v) is 10.4. The van der Waals surface area contributed by atoms with Gasteiger partial charge in [-0.15, -0.1) is 0 Å². The number of hydrogen-bond acceptors (Lipinski definition) is 4. The van der Waals surface area contributed by atoms with Crippen LogP contribution in [0.1, 0.15) is 77.0 Å². The first-order valence-corrected chi connectivity index (χ1v) is 13.4. The summed E-state index contributed by atoms with van der Waals surface area (Å²) in [5.74, 6) is 4.61. The highest BCUT2D eigenvalue weighted by atomic mass is 16.6. The van der Waals surface area contributed by atoms with Crippen LogP contribution in [0.2, 0.25) is 0 Å². The predicted molar refractivity (Wildman–Crippen MR) is 118 cm³/mol. The Hall–Kier alpha value is -1.46. The molecule has 0 aromatic carbocycles. The van der Waals surface area contributed by atoms with Crippen LogP contribution in [-0.2, 0) is 9.47 Å². The normalized spacial score (nSPS) is 48.2. The van der Waals surface area contributed by atoms with E-state index in [-0.39, 0.29) is 23.4 Å². The van der Waals surface area contributed by atoms with Crippen molar-refractivity contribution in [1.29, 1.82) is 0 Å². The Kier molecular flexibility index (Phi) is 4.38. The first kappa shape index (κ1) is 20.0. The molecular weight excluding hydrogens is 404 g/mol. The topological polar surface area (TPSA) is 59.1 Å². The summed E-state index contributed by atoms with van der Waals surface area (Å²) in [5.41, 5.74) is -0.388. The van der Waals surface area contributed by atoms with Crippen LogP contribution in [0.4, 0.5) is 9.59 Å². The molecule has 0 aromatic heterocycles. The summed E-state index contributed by atoms with van der Waals surface area (Å²) in [7, 11) is 0. The van der Waals surface area contributed by atoms with Crippen molar-refractivity contribution in [2.75, 3.05) is 26.2 Å². The zero-order valence-electron chi connectivity index (χ0n) is 19.3. The maximum absolute atomic E-state index is 13.0. The lowest BCUT2D eigenvalue weighted by molar-refractivity contribution is -0.139. The molecule has 0 aromatic rings. The van der Waals surface area contributed by atoms with E-state index in [9.17, 15) is 9.59 Å². The first-order valence-electron chi connectivity index (χ1n) is 13.4. The minimum atomic E-state index is -0.194. The fourth-order valence-corrected chi connectivity index (χ4v) is 9.88. The Morgan fingerprint density at radius 2 is 0.750 bits per heavy atom. The van der Waals surface area contributed by atoms with E-state index in [1.165, 1.54) is 38.5 Å². The van der Waals surface area contributed by atoms with E-state index in [1.807, 2.05) is 9.80 Å². The van der Waals surface area contributed by atoms with Crippen LogP contribution in [0.15, 0.2) is 0 Å². The molecule has 9 aliphatic rings. The molecule has 0 spiro atoms. The molecule has 0 atom stereocenters. The molecule has 8 aliphatic carbocycles. The van der Waals surface area contributed by atoms with Gasteiger partial charge in [0.25, 0.3) is 0 Å². The highest BCUT2D eigenvalue weighted by molar-refractivity contribution is 5.71. The quantitative estimate of drug-likeness (QED) is 0.615. The molecule has 8 bridgehead atoms. The van der Waals surface area contributed by atoms with Crippen LogP contribution in [0.5, 0.6) is 0 Å². The number of ether oxygens (including phenoxy) is 2. The molecule has 0 radical (unpaired) electrons. The third-order valence-electron chi connectivity index (χ3n) is 10.4. The number of piperazine rings is 1. The summed E-state index contributed by atoms with van der Waals surface area (Å²) in [4.78, 5) is 29.7. The molecule has 6 heteroatoms. The monoisotopic (exact) mass is 442 g/mol. The fraction of sp³-hybridized carbons (Fsp3) is 0.923. The van der Waals surface area contributed by atoms with Crippen molar-refractivity contribution in [3.8, 4) is 0 Å². The van der Waals surface area contributed by atoms with Gasteiger partial charge >= 0.3 is 12.2 Å². The lowest BCUT2D eigenvalue weighted by Gasteiger charge is -2.56. The van der Waals surface area contributed by atoms with E-state index in [0.29, 0.717) is 26.2 Å². The van der Waals surface area contributed by atoms with Crippen molar-refractivity contribution in [2.45, 2.75) is 88.3 Å². The fourth-order valence-electron chi connectivity index (χ4n) is 9.88. The molecule has 9 rings (SSSR count). The average Bonchev–Trinajstić information content (AvgIpc) is 2.71. The predicted octanol–water partition coefficient (Wildman–Crippen LogP) is 4.81. The van der Waals surface area contributed by atoms with E-state index in [2.05, 4.69) is 0 Å². The van der Waals surface area contributed by atoms with Gasteiger partial charge in [-0.25, -0.2) is 9.59 Å². The Balaban J connectivity index is 0.938. The minimum absolute atomic E-state index is 0.152. The maximum atomic E-state index is 13.0. The zero-order valence-corrected chi connectivity index (χ0v) is 19.3. The Morgan fingerprint density at radius 1 is 0.500 bits per heavy atom. The highest BCUT2D eigenvalue weighted by Gasteiger charge is 2.55. The van der Waals surface area contributed by atoms with Gasteiger partial charge in [0.15, 0.2) is 0 Å². The molecule has 0 unspecified atom stereocenters. The standard InChI is InChI=1S/C26H38N2O4/c29-23(31-25-11-17-5-18(12-25)7-19(6-17)13-25)27-1-2-28(4-3-27)24(30)32-26-14-20-8-21(15-26)10-22(9-20)16-26/h17-22H,1-16H2. The van der Waals surface area contributed by atoms with Gasteiger partial charge in [0.2, 0.25) is 0 Å².